The molecule has 0 fully saturated rings. The number of unbranched alkanes of at least 4 members (excludes halogenated alkanes) is 3. The topological polar surface area (TPSA) is 32.3 Å². The van der Waals surface area contributed by atoms with Gasteiger partial charge in [-0.3, -0.25) is 0 Å². The van der Waals surface area contributed by atoms with Gasteiger partial charge in [0.25, 0.3) is 0 Å². The summed E-state index contributed by atoms with van der Waals surface area (Å²) in [7, 11) is 0. The molecule has 1 aromatic rings. The van der Waals surface area contributed by atoms with E-state index in [1.165, 1.54) is 6.07 Å². The van der Waals surface area contributed by atoms with Crippen LogP contribution in [-0.4, -0.2) is 24.3 Å². The van der Waals surface area contributed by atoms with Gasteiger partial charge in [-0.05, 0) is 44.4 Å². The highest BCUT2D eigenvalue weighted by Crippen LogP contribution is 2.09. The monoisotopic (exact) mass is 253 g/mol. The molecule has 1 aromatic carbocycles. The van der Waals surface area contributed by atoms with Crippen molar-refractivity contribution in [1.29, 1.82) is 0 Å². The number of nitrogens with one attached hydrogen (secondary N) is 1. The van der Waals surface area contributed by atoms with Crippen LogP contribution in [0.1, 0.15) is 38.2 Å². The summed E-state index contributed by atoms with van der Waals surface area (Å²) in [6.45, 7) is 3.33. The van der Waals surface area contributed by atoms with E-state index in [1.54, 1.807) is 6.07 Å². The molecule has 1 unspecified atom stereocenters. The van der Waals surface area contributed by atoms with Gasteiger partial charge in [0.05, 0.1) is 0 Å². The Morgan fingerprint density at radius 2 is 1.89 bits per heavy atom. The second-order valence-corrected chi connectivity index (χ2v) is 4.79. The van der Waals surface area contributed by atoms with Gasteiger partial charge in [0.15, 0.2) is 0 Å². The first kappa shape index (κ1) is 15.1. The second kappa shape index (κ2) is 9.06. The minimum absolute atomic E-state index is 0.117. The molecule has 102 valence electrons. The Bertz CT molecular complexity index is 330. The largest absolute Gasteiger partial charge is 0.396 e. The van der Waals surface area contributed by atoms with Crippen molar-refractivity contribution in [2.75, 3.05) is 13.2 Å². The zero-order valence-electron chi connectivity index (χ0n) is 11.2. The molecule has 1 atom stereocenters. The Morgan fingerprint density at radius 3 is 2.61 bits per heavy atom. The number of aliphatic hydroxyl groups is 1. The van der Waals surface area contributed by atoms with Crippen LogP contribution in [0.25, 0.3) is 0 Å². The summed E-state index contributed by atoms with van der Waals surface area (Å²) in [5.74, 6) is -0.117. The van der Waals surface area contributed by atoms with Gasteiger partial charge >= 0.3 is 0 Å². The molecular formula is C15H24FNO. The van der Waals surface area contributed by atoms with E-state index in [2.05, 4.69) is 12.2 Å². The van der Waals surface area contributed by atoms with E-state index in [1.807, 2.05) is 12.1 Å². The van der Waals surface area contributed by atoms with Gasteiger partial charge in [-0.25, -0.2) is 4.39 Å². The number of benzene rings is 1. The van der Waals surface area contributed by atoms with Crippen LogP contribution in [0.3, 0.4) is 0 Å². The molecule has 0 aliphatic rings. The van der Waals surface area contributed by atoms with Crippen molar-refractivity contribution in [3.63, 3.8) is 0 Å². The van der Waals surface area contributed by atoms with Crippen LogP contribution in [-0.2, 0) is 6.42 Å². The molecule has 18 heavy (non-hydrogen) atoms. The van der Waals surface area contributed by atoms with Gasteiger partial charge < -0.3 is 10.4 Å². The normalized spacial score (nSPS) is 12.6. The van der Waals surface area contributed by atoms with E-state index in [0.29, 0.717) is 6.04 Å². The molecule has 2 nitrogen and oxygen atoms in total. The zero-order chi connectivity index (χ0) is 13.2. The van der Waals surface area contributed by atoms with Crippen LogP contribution < -0.4 is 5.32 Å². The maximum absolute atomic E-state index is 13.4. The zero-order valence-corrected chi connectivity index (χ0v) is 11.2. The van der Waals surface area contributed by atoms with Gasteiger partial charge in [-0.1, -0.05) is 31.0 Å². The average Bonchev–Trinajstić information content (AvgIpc) is 2.36. The molecule has 0 bridgehead atoms. The van der Waals surface area contributed by atoms with Crippen molar-refractivity contribution < 1.29 is 9.50 Å². The van der Waals surface area contributed by atoms with Crippen molar-refractivity contribution in [2.24, 2.45) is 0 Å². The van der Waals surface area contributed by atoms with Crippen LogP contribution in [0, 0.1) is 5.82 Å². The van der Waals surface area contributed by atoms with Crippen LogP contribution in [0.15, 0.2) is 24.3 Å². The van der Waals surface area contributed by atoms with Crippen LogP contribution in [0.5, 0.6) is 0 Å². The minimum atomic E-state index is -0.117. The summed E-state index contributed by atoms with van der Waals surface area (Å²) in [5.41, 5.74) is 0.776. The van der Waals surface area contributed by atoms with Crippen molar-refractivity contribution >= 4 is 0 Å². The van der Waals surface area contributed by atoms with Crippen molar-refractivity contribution in [1.82, 2.24) is 5.32 Å². The molecule has 0 aliphatic carbocycles. The fourth-order valence-corrected chi connectivity index (χ4v) is 2.00. The molecule has 0 amide bonds. The maximum Gasteiger partial charge on any atom is 0.126 e. The van der Waals surface area contributed by atoms with Crippen molar-refractivity contribution in [2.45, 2.75) is 45.1 Å². The Kier molecular flexibility index (Phi) is 7.62. The fraction of sp³-hybridized carbons (Fsp3) is 0.600. The third kappa shape index (κ3) is 6.12. The van der Waals surface area contributed by atoms with Gasteiger partial charge in [-0.2, -0.15) is 0 Å². The summed E-state index contributed by atoms with van der Waals surface area (Å²) in [6, 6.07) is 7.24. The quantitative estimate of drug-likeness (QED) is 0.663. The minimum Gasteiger partial charge on any atom is -0.396 e. The highest BCUT2D eigenvalue weighted by atomic mass is 19.1. The Hall–Kier alpha value is -0.930. The lowest BCUT2D eigenvalue weighted by atomic mass is 10.1. The Labute approximate surface area is 109 Å². The second-order valence-electron chi connectivity index (χ2n) is 4.79. The first-order valence-corrected chi connectivity index (χ1v) is 6.81. The number of rotatable bonds is 9. The van der Waals surface area contributed by atoms with E-state index < -0.39 is 0 Å². The number of aliphatic hydroxyl groups excluding tert-OH is 1. The predicted octanol–water partition coefficient (Wildman–Crippen LogP) is 2.90. The van der Waals surface area contributed by atoms with Gasteiger partial charge in [0, 0.05) is 12.6 Å². The third-order valence-electron chi connectivity index (χ3n) is 3.06. The van der Waals surface area contributed by atoms with Crippen molar-refractivity contribution in [3.05, 3.63) is 35.6 Å². The lowest BCUT2D eigenvalue weighted by molar-refractivity contribution is 0.282. The molecule has 0 aliphatic heterocycles. The summed E-state index contributed by atoms with van der Waals surface area (Å²) in [5, 5.41) is 12.1. The SMILES string of the molecule is CC(Cc1ccccc1F)NCCCCCCO. The molecule has 0 heterocycles. The Morgan fingerprint density at radius 1 is 1.17 bits per heavy atom. The van der Waals surface area contributed by atoms with Gasteiger partial charge in [0.2, 0.25) is 0 Å². The number of halogens is 1. The molecule has 1 rings (SSSR count). The molecule has 0 aromatic heterocycles. The summed E-state index contributed by atoms with van der Waals surface area (Å²) in [4.78, 5) is 0. The number of hydrogen-bond acceptors (Lipinski definition) is 2. The molecule has 0 saturated heterocycles. The molecule has 2 N–H and O–H groups in total. The predicted molar refractivity (Wildman–Crippen MR) is 73.1 cm³/mol. The number of hydrogen-bond donors (Lipinski definition) is 2. The van der Waals surface area contributed by atoms with Gasteiger partial charge in [0.1, 0.15) is 5.82 Å². The highest BCUT2D eigenvalue weighted by molar-refractivity contribution is 5.18. The van der Waals surface area contributed by atoms with Gasteiger partial charge in [-0.15, -0.1) is 0 Å². The molecule has 0 radical (unpaired) electrons. The first-order valence-electron chi connectivity index (χ1n) is 6.81. The van der Waals surface area contributed by atoms with Crippen molar-refractivity contribution in [3.8, 4) is 0 Å². The third-order valence-corrected chi connectivity index (χ3v) is 3.06. The van der Waals surface area contributed by atoms with E-state index in [9.17, 15) is 4.39 Å². The standard InChI is InChI=1S/C15H24FNO/c1-13(17-10-6-2-3-7-11-18)12-14-8-4-5-9-15(14)16/h4-5,8-9,13,17-18H,2-3,6-7,10-12H2,1H3. The summed E-state index contributed by atoms with van der Waals surface area (Å²) < 4.78 is 13.4. The summed E-state index contributed by atoms with van der Waals surface area (Å²) >= 11 is 0. The smallest absolute Gasteiger partial charge is 0.126 e. The van der Waals surface area contributed by atoms with E-state index >= 15 is 0 Å². The average molecular weight is 253 g/mol. The fourth-order valence-electron chi connectivity index (χ4n) is 2.00. The van der Waals surface area contributed by atoms with E-state index in [-0.39, 0.29) is 12.4 Å². The molecular weight excluding hydrogens is 229 g/mol. The maximum atomic E-state index is 13.4. The van der Waals surface area contributed by atoms with Crippen LogP contribution in [0.4, 0.5) is 4.39 Å². The van der Waals surface area contributed by atoms with E-state index in [4.69, 9.17) is 5.11 Å². The molecule has 3 heteroatoms. The summed E-state index contributed by atoms with van der Waals surface area (Å²) in [6.07, 6.45) is 4.95. The van der Waals surface area contributed by atoms with Crippen LogP contribution >= 0.6 is 0 Å². The molecule has 0 spiro atoms. The lowest BCUT2D eigenvalue weighted by Gasteiger charge is -2.14. The molecule has 0 saturated carbocycles. The lowest BCUT2D eigenvalue weighted by Crippen LogP contribution is -2.29. The highest BCUT2D eigenvalue weighted by Gasteiger charge is 2.06. The van der Waals surface area contributed by atoms with E-state index in [0.717, 1.165) is 44.2 Å². The van der Waals surface area contributed by atoms with Crippen LogP contribution in [0.2, 0.25) is 0 Å². The first-order chi connectivity index (χ1) is 8.74. The Balaban J connectivity index is 2.14.